The highest BCUT2D eigenvalue weighted by molar-refractivity contribution is 5.20. The van der Waals surface area contributed by atoms with E-state index in [4.69, 9.17) is 5.73 Å². The van der Waals surface area contributed by atoms with E-state index in [-0.39, 0.29) is 6.04 Å². The number of hydrogen-bond acceptors (Lipinski definition) is 2. The smallest absolute Gasteiger partial charge is 0.0453 e. The maximum atomic E-state index is 6.61. The lowest BCUT2D eigenvalue weighted by Gasteiger charge is -2.39. The van der Waals surface area contributed by atoms with E-state index in [9.17, 15) is 0 Å². The molecule has 0 amide bonds. The summed E-state index contributed by atoms with van der Waals surface area (Å²) in [7, 11) is 0. The number of fused-ring (bicyclic) bond motifs is 1. The Morgan fingerprint density at radius 1 is 1.15 bits per heavy atom. The fourth-order valence-corrected chi connectivity index (χ4v) is 4.45. The van der Waals surface area contributed by atoms with Gasteiger partial charge in [0.1, 0.15) is 0 Å². The Balaban J connectivity index is 1.76. The van der Waals surface area contributed by atoms with Gasteiger partial charge in [-0.1, -0.05) is 50.1 Å². The van der Waals surface area contributed by atoms with Gasteiger partial charge in [0.25, 0.3) is 0 Å². The quantitative estimate of drug-likeness (QED) is 0.905. The molecule has 1 saturated carbocycles. The largest absolute Gasteiger partial charge is 0.323 e. The first-order valence-corrected chi connectivity index (χ1v) is 8.37. The van der Waals surface area contributed by atoms with Crippen molar-refractivity contribution in [2.45, 2.75) is 63.6 Å². The summed E-state index contributed by atoms with van der Waals surface area (Å²) < 4.78 is 0. The van der Waals surface area contributed by atoms with Crippen molar-refractivity contribution in [2.75, 3.05) is 6.54 Å². The number of nitrogens with zero attached hydrogens (tertiary/aromatic N) is 1. The molecule has 3 rings (SSSR count). The summed E-state index contributed by atoms with van der Waals surface area (Å²) in [6.07, 6.45) is 8.23. The van der Waals surface area contributed by atoms with Crippen molar-refractivity contribution >= 4 is 0 Å². The van der Waals surface area contributed by atoms with Gasteiger partial charge in [0.15, 0.2) is 0 Å². The average molecular weight is 272 g/mol. The lowest BCUT2D eigenvalue weighted by Crippen LogP contribution is -2.47. The molecular formula is C18H28N2. The van der Waals surface area contributed by atoms with E-state index in [0.29, 0.717) is 6.04 Å². The van der Waals surface area contributed by atoms with Crippen molar-refractivity contribution in [1.29, 1.82) is 0 Å². The third kappa shape index (κ3) is 2.64. The first-order chi connectivity index (χ1) is 9.81. The van der Waals surface area contributed by atoms with E-state index in [1.807, 2.05) is 0 Å². The maximum absolute atomic E-state index is 6.61. The number of benzene rings is 1. The van der Waals surface area contributed by atoms with Crippen molar-refractivity contribution in [2.24, 2.45) is 11.7 Å². The van der Waals surface area contributed by atoms with Gasteiger partial charge in [-0.05, 0) is 43.7 Å². The summed E-state index contributed by atoms with van der Waals surface area (Å²) in [4.78, 5) is 2.75. The Hall–Kier alpha value is -0.860. The summed E-state index contributed by atoms with van der Waals surface area (Å²) >= 11 is 0. The van der Waals surface area contributed by atoms with Gasteiger partial charge < -0.3 is 5.73 Å². The Labute approximate surface area is 123 Å². The van der Waals surface area contributed by atoms with Crippen LogP contribution < -0.4 is 5.73 Å². The van der Waals surface area contributed by atoms with Crippen LogP contribution in [0.2, 0.25) is 0 Å². The maximum Gasteiger partial charge on any atom is 0.0453 e. The summed E-state index contributed by atoms with van der Waals surface area (Å²) in [6, 6.07) is 12.1. The van der Waals surface area contributed by atoms with Crippen molar-refractivity contribution in [3.8, 4) is 0 Å². The molecular weight excluding hydrogens is 244 g/mol. The van der Waals surface area contributed by atoms with Crippen molar-refractivity contribution in [1.82, 2.24) is 4.90 Å². The molecule has 2 fully saturated rings. The molecule has 4 unspecified atom stereocenters. The lowest BCUT2D eigenvalue weighted by molar-refractivity contribution is 0.112. The fourth-order valence-electron chi connectivity index (χ4n) is 4.45. The monoisotopic (exact) mass is 272 g/mol. The van der Waals surface area contributed by atoms with Crippen LogP contribution in [0.1, 0.15) is 57.1 Å². The van der Waals surface area contributed by atoms with Crippen LogP contribution in [0, 0.1) is 5.92 Å². The van der Waals surface area contributed by atoms with Gasteiger partial charge in [0.2, 0.25) is 0 Å². The molecule has 110 valence electrons. The highest BCUT2D eigenvalue weighted by atomic mass is 15.2. The van der Waals surface area contributed by atoms with Gasteiger partial charge in [-0.2, -0.15) is 0 Å². The number of likely N-dealkylation sites (tertiary alicyclic amines) is 1. The highest BCUT2D eigenvalue weighted by Crippen LogP contribution is 2.39. The summed E-state index contributed by atoms with van der Waals surface area (Å²) in [5, 5.41) is 0. The van der Waals surface area contributed by atoms with Gasteiger partial charge in [0, 0.05) is 18.1 Å². The molecule has 4 atom stereocenters. The Kier molecular flexibility index (Phi) is 4.42. The zero-order valence-corrected chi connectivity index (χ0v) is 12.7. The molecule has 1 aliphatic carbocycles. The minimum atomic E-state index is 0.155. The van der Waals surface area contributed by atoms with E-state index >= 15 is 0 Å². The molecule has 1 aliphatic heterocycles. The predicted molar refractivity (Wildman–Crippen MR) is 84.5 cm³/mol. The van der Waals surface area contributed by atoms with E-state index < -0.39 is 0 Å². The summed E-state index contributed by atoms with van der Waals surface area (Å²) in [5.74, 6) is 0.945. The Bertz CT molecular complexity index is 417. The zero-order chi connectivity index (χ0) is 13.9. The van der Waals surface area contributed by atoms with Gasteiger partial charge in [0.05, 0.1) is 0 Å². The summed E-state index contributed by atoms with van der Waals surface area (Å²) in [5.41, 5.74) is 7.90. The second-order valence-corrected chi connectivity index (χ2v) is 6.55. The molecule has 1 aromatic rings. The third-order valence-corrected chi connectivity index (χ3v) is 5.50. The Morgan fingerprint density at radius 2 is 1.90 bits per heavy atom. The van der Waals surface area contributed by atoms with E-state index in [2.05, 4.69) is 42.2 Å². The summed E-state index contributed by atoms with van der Waals surface area (Å²) in [6.45, 7) is 3.55. The van der Waals surface area contributed by atoms with Crippen molar-refractivity contribution in [3.63, 3.8) is 0 Å². The van der Waals surface area contributed by atoms with Crippen LogP contribution >= 0.6 is 0 Å². The molecule has 1 heterocycles. The number of hydrogen-bond donors (Lipinski definition) is 1. The van der Waals surface area contributed by atoms with Crippen molar-refractivity contribution < 1.29 is 0 Å². The van der Waals surface area contributed by atoms with Crippen LogP contribution in [0.3, 0.4) is 0 Å². The second-order valence-electron chi connectivity index (χ2n) is 6.55. The van der Waals surface area contributed by atoms with Crippen LogP contribution in [0.4, 0.5) is 0 Å². The third-order valence-electron chi connectivity index (χ3n) is 5.50. The Morgan fingerprint density at radius 3 is 2.65 bits per heavy atom. The highest BCUT2D eigenvalue weighted by Gasteiger charge is 2.40. The van der Waals surface area contributed by atoms with Crippen LogP contribution in [-0.4, -0.2) is 23.5 Å². The van der Waals surface area contributed by atoms with Crippen molar-refractivity contribution in [3.05, 3.63) is 35.9 Å². The molecule has 0 radical (unpaired) electrons. The molecule has 1 aromatic carbocycles. The first-order valence-electron chi connectivity index (χ1n) is 8.37. The van der Waals surface area contributed by atoms with Gasteiger partial charge in [-0.15, -0.1) is 0 Å². The van der Waals surface area contributed by atoms with Crippen LogP contribution in [-0.2, 0) is 0 Å². The molecule has 2 aliphatic rings. The minimum absolute atomic E-state index is 0.155. The minimum Gasteiger partial charge on any atom is -0.323 e. The van der Waals surface area contributed by atoms with Crippen LogP contribution in [0.15, 0.2) is 30.3 Å². The topological polar surface area (TPSA) is 29.3 Å². The van der Waals surface area contributed by atoms with Crippen LogP contribution in [0.25, 0.3) is 0 Å². The van der Waals surface area contributed by atoms with Gasteiger partial charge in [-0.3, -0.25) is 4.90 Å². The molecule has 2 heteroatoms. The molecule has 2 N–H and O–H groups in total. The van der Waals surface area contributed by atoms with Gasteiger partial charge in [-0.25, -0.2) is 0 Å². The number of rotatable bonds is 4. The fraction of sp³-hybridized carbons (Fsp3) is 0.667. The normalized spacial score (nSPS) is 29.9. The standard InChI is InChI=1S/C18H28N2/c1-2-16(18(19)15-9-4-3-5-10-15)20-13-12-14-8-6-7-11-17(14)20/h3-5,9-10,14,16-18H,2,6-8,11-13,19H2,1H3. The predicted octanol–water partition coefficient (Wildman–Crippen LogP) is 3.73. The average Bonchev–Trinajstić information content (AvgIpc) is 2.93. The van der Waals surface area contributed by atoms with Crippen LogP contribution in [0.5, 0.6) is 0 Å². The molecule has 0 spiro atoms. The molecule has 0 bridgehead atoms. The van der Waals surface area contributed by atoms with E-state index in [1.165, 1.54) is 44.2 Å². The second kappa shape index (κ2) is 6.28. The van der Waals surface area contributed by atoms with Gasteiger partial charge >= 0.3 is 0 Å². The lowest BCUT2D eigenvalue weighted by atomic mass is 9.84. The SMILES string of the molecule is CCC(C(N)c1ccccc1)N1CCC2CCCCC21. The van der Waals surface area contributed by atoms with E-state index in [0.717, 1.165) is 18.4 Å². The molecule has 0 aromatic heterocycles. The molecule has 20 heavy (non-hydrogen) atoms. The first kappa shape index (κ1) is 14.1. The molecule has 1 saturated heterocycles. The van der Waals surface area contributed by atoms with E-state index in [1.54, 1.807) is 0 Å². The molecule has 2 nitrogen and oxygen atoms in total. The number of nitrogens with two attached hydrogens (primary N) is 1. The zero-order valence-electron chi connectivity index (χ0n) is 12.7.